The third-order valence-corrected chi connectivity index (χ3v) is 5.30. The smallest absolute Gasteiger partial charge is 0.261 e. The molecule has 0 saturated carbocycles. The first-order valence-corrected chi connectivity index (χ1v) is 9.06. The van der Waals surface area contributed by atoms with E-state index in [-0.39, 0.29) is 11.5 Å². The number of nitrogens with one attached hydrogen (secondary N) is 1. The molecule has 0 saturated heterocycles. The van der Waals surface area contributed by atoms with Crippen LogP contribution in [0.1, 0.15) is 12.0 Å². The lowest BCUT2D eigenvalue weighted by molar-refractivity contribution is 0.288. The number of anilines is 1. The van der Waals surface area contributed by atoms with Crippen molar-refractivity contribution in [3.63, 3.8) is 0 Å². The number of hydrogen-bond acceptors (Lipinski definition) is 3. The molecule has 0 amide bonds. The molecule has 0 spiro atoms. The van der Waals surface area contributed by atoms with Crippen LogP contribution in [0.2, 0.25) is 0 Å². The Hall–Kier alpha value is -1.12. The fourth-order valence-electron chi connectivity index (χ4n) is 1.87. The fraction of sp³-hybridized carbons (Fsp3) is 0.200. The van der Waals surface area contributed by atoms with Crippen molar-refractivity contribution in [1.82, 2.24) is 0 Å². The maximum Gasteiger partial charge on any atom is 0.261 e. The van der Waals surface area contributed by atoms with Gasteiger partial charge in [0.25, 0.3) is 10.0 Å². The number of halogens is 1. The molecule has 2 N–H and O–H groups in total. The molecule has 0 heterocycles. The Morgan fingerprint density at radius 2 is 1.71 bits per heavy atom. The maximum absolute atomic E-state index is 12.3. The van der Waals surface area contributed by atoms with Gasteiger partial charge in [-0.2, -0.15) is 0 Å². The Labute approximate surface area is 138 Å². The van der Waals surface area contributed by atoms with Crippen LogP contribution in [-0.4, -0.2) is 20.1 Å². The first-order valence-electron chi connectivity index (χ1n) is 6.50. The zero-order valence-electron chi connectivity index (χ0n) is 11.3. The van der Waals surface area contributed by atoms with Gasteiger partial charge in [0, 0.05) is 10.2 Å². The van der Waals surface area contributed by atoms with Gasteiger partial charge in [0.15, 0.2) is 0 Å². The minimum absolute atomic E-state index is 0.133. The van der Waals surface area contributed by atoms with E-state index in [0.717, 1.165) is 15.6 Å². The van der Waals surface area contributed by atoms with Gasteiger partial charge < -0.3 is 5.11 Å². The van der Waals surface area contributed by atoms with Gasteiger partial charge in [-0.05, 0) is 65.3 Å². The van der Waals surface area contributed by atoms with Gasteiger partial charge in [-0.15, -0.1) is 0 Å². The molecule has 0 fully saturated rings. The summed E-state index contributed by atoms with van der Waals surface area (Å²) in [4.78, 5) is 0.231. The molecular formula is C15H16INO3S. The number of aliphatic hydroxyl groups excluding tert-OH is 1. The quantitative estimate of drug-likeness (QED) is 0.711. The second-order valence-electron chi connectivity index (χ2n) is 4.56. The van der Waals surface area contributed by atoms with E-state index in [9.17, 15) is 8.42 Å². The molecule has 2 aromatic carbocycles. The predicted molar refractivity (Wildman–Crippen MR) is 91.8 cm³/mol. The topological polar surface area (TPSA) is 66.4 Å². The second-order valence-corrected chi connectivity index (χ2v) is 7.40. The third kappa shape index (κ3) is 4.42. The summed E-state index contributed by atoms with van der Waals surface area (Å²) in [6, 6.07) is 14.0. The standard InChI is InChI=1S/C15H16INO3S/c16-14-5-1-2-6-15(14)17-21(19,20)13-9-7-12(8-10-13)4-3-11-18/h1-2,5-10,17-18H,3-4,11H2. The Kier molecular flexibility index (Phi) is 5.60. The molecule has 112 valence electrons. The van der Waals surface area contributed by atoms with Crippen molar-refractivity contribution >= 4 is 38.3 Å². The van der Waals surface area contributed by atoms with Gasteiger partial charge in [0.1, 0.15) is 0 Å². The number of rotatable bonds is 6. The molecule has 21 heavy (non-hydrogen) atoms. The summed E-state index contributed by atoms with van der Waals surface area (Å²) >= 11 is 2.09. The van der Waals surface area contributed by atoms with Crippen LogP contribution in [0.4, 0.5) is 5.69 Å². The van der Waals surface area contributed by atoms with Crippen LogP contribution in [0, 0.1) is 3.57 Å². The lowest BCUT2D eigenvalue weighted by Gasteiger charge is -2.10. The van der Waals surface area contributed by atoms with E-state index in [4.69, 9.17) is 5.11 Å². The highest BCUT2D eigenvalue weighted by molar-refractivity contribution is 14.1. The van der Waals surface area contributed by atoms with Gasteiger partial charge in [-0.3, -0.25) is 4.72 Å². The molecule has 2 rings (SSSR count). The highest BCUT2D eigenvalue weighted by Crippen LogP contribution is 2.21. The first-order chi connectivity index (χ1) is 10.0. The molecular weight excluding hydrogens is 401 g/mol. The summed E-state index contributed by atoms with van der Waals surface area (Å²) < 4.78 is 28.1. The molecule has 0 bridgehead atoms. The SMILES string of the molecule is O=S(=O)(Nc1ccccc1I)c1ccc(CCCO)cc1. The van der Waals surface area contributed by atoms with Crippen molar-refractivity contribution in [2.24, 2.45) is 0 Å². The fourth-order valence-corrected chi connectivity index (χ4v) is 3.65. The van der Waals surface area contributed by atoms with E-state index in [1.807, 2.05) is 12.1 Å². The number of benzene rings is 2. The average Bonchev–Trinajstić information content (AvgIpc) is 2.48. The summed E-state index contributed by atoms with van der Waals surface area (Å²) in [5.74, 6) is 0. The minimum Gasteiger partial charge on any atom is -0.396 e. The van der Waals surface area contributed by atoms with Crippen molar-refractivity contribution < 1.29 is 13.5 Å². The van der Waals surface area contributed by atoms with Crippen molar-refractivity contribution in [2.45, 2.75) is 17.7 Å². The molecule has 0 aliphatic carbocycles. The van der Waals surface area contributed by atoms with Crippen LogP contribution in [0.15, 0.2) is 53.4 Å². The van der Waals surface area contributed by atoms with Crippen LogP contribution in [0.5, 0.6) is 0 Å². The van der Waals surface area contributed by atoms with Crippen LogP contribution < -0.4 is 4.72 Å². The van der Waals surface area contributed by atoms with Gasteiger partial charge in [0.2, 0.25) is 0 Å². The molecule has 4 nitrogen and oxygen atoms in total. The maximum atomic E-state index is 12.3. The Balaban J connectivity index is 2.18. The van der Waals surface area contributed by atoms with Crippen molar-refractivity contribution in [3.05, 3.63) is 57.7 Å². The average molecular weight is 417 g/mol. The molecule has 0 unspecified atom stereocenters. The van der Waals surface area contributed by atoms with Crippen molar-refractivity contribution in [1.29, 1.82) is 0 Å². The zero-order chi connectivity index (χ0) is 15.3. The molecule has 2 aromatic rings. The first kappa shape index (κ1) is 16.3. The highest BCUT2D eigenvalue weighted by Gasteiger charge is 2.15. The molecule has 6 heteroatoms. The van der Waals surface area contributed by atoms with E-state index in [2.05, 4.69) is 27.3 Å². The largest absolute Gasteiger partial charge is 0.396 e. The molecule has 0 aliphatic heterocycles. The van der Waals surface area contributed by atoms with Gasteiger partial charge >= 0.3 is 0 Å². The van der Waals surface area contributed by atoms with E-state index in [0.29, 0.717) is 12.1 Å². The van der Waals surface area contributed by atoms with Crippen molar-refractivity contribution in [3.8, 4) is 0 Å². The lowest BCUT2D eigenvalue weighted by Crippen LogP contribution is -2.13. The number of sulfonamides is 1. The van der Waals surface area contributed by atoms with E-state index in [1.54, 1.807) is 36.4 Å². The minimum atomic E-state index is -3.58. The Morgan fingerprint density at radius 3 is 2.33 bits per heavy atom. The van der Waals surface area contributed by atoms with Crippen LogP contribution >= 0.6 is 22.6 Å². The summed E-state index contributed by atoms with van der Waals surface area (Å²) in [5, 5.41) is 8.79. The van der Waals surface area contributed by atoms with E-state index >= 15 is 0 Å². The van der Waals surface area contributed by atoms with Crippen LogP contribution in [0.3, 0.4) is 0 Å². The van der Waals surface area contributed by atoms with Crippen molar-refractivity contribution in [2.75, 3.05) is 11.3 Å². The summed E-state index contributed by atoms with van der Waals surface area (Å²) in [6.45, 7) is 0.133. The molecule has 0 radical (unpaired) electrons. The Morgan fingerprint density at radius 1 is 1.05 bits per heavy atom. The van der Waals surface area contributed by atoms with Gasteiger partial charge in [-0.1, -0.05) is 24.3 Å². The molecule has 0 atom stereocenters. The second kappa shape index (κ2) is 7.24. The normalized spacial score (nSPS) is 11.3. The van der Waals surface area contributed by atoms with Gasteiger partial charge in [-0.25, -0.2) is 8.42 Å². The van der Waals surface area contributed by atoms with E-state index < -0.39 is 10.0 Å². The lowest BCUT2D eigenvalue weighted by atomic mass is 10.1. The van der Waals surface area contributed by atoms with Crippen LogP contribution in [-0.2, 0) is 16.4 Å². The zero-order valence-corrected chi connectivity index (χ0v) is 14.3. The summed E-state index contributed by atoms with van der Waals surface area (Å²) in [5.41, 5.74) is 1.58. The number of aliphatic hydroxyl groups is 1. The number of hydrogen-bond donors (Lipinski definition) is 2. The highest BCUT2D eigenvalue weighted by atomic mass is 127. The summed E-state index contributed by atoms with van der Waals surface area (Å²) in [6.07, 6.45) is 1.41. The monoisotopic (exact) mass is 417 g/mol. The van der Waals surface area contributed by atoms with E-state index in [1.165, 1.54) is 0 Å². The third-order valence-electron chi connectivity index (χ3n) is 2.98. The summed E-state index contributed by atoms with van der Waals surface area (Å²) in [7, 11) is -3.58. The predicted octanol–water partition coefficient (Wildman–Crippen LogP) is 3.02. The Bertz CT molecular complexity index is 699. The number of para-hydroxylation sites is 1. The van der Waals surface area contributed by atoms with Crippen LogP contribution in [0.25, 0.3) is 0 Å². The molecule has 0 aromatic heterocycles. The van der Waals surface area contributed by atoms with Gasteiger partial charge in [0.05, 0.1) is 10.6 Å². The number of aryl methyl sites for hydroxylation is 1. The molecule has 0 aliphatic rings.